The Morgan fingerprint density at radius 3 is 2.68 bits per heavy atom. The molecular weight excluding hydrogens is 398 g/mol. The van der Waals surface area contributed by atoms with Crippen LogP contribution in [0.4, 0.5) is 0 Å². The van der Waals surface area contributed by atoms with Crippen LogP contribution in [-0.4, -0.2) is 35.0 Å². The summed E-state index contributed by atoms with van der Waals surface area (Å²) in [6.45, 7) is 4.86. The van der Waals surface area contributed by atoms with Crippen LogP contribution in [0, 0.1) is 13.8 Å². The first kappa shape index (κ1) is 20.2. The fraction of sp³-hybridized carbons (Fsp3) is 0.250. The summed E-state index contributed by atoms with van der Waals surface area (Å²) in [6, 6.07) is 13.0. The number of nitrogens with one attached hydrogen (secondary N) is 1. The van der Waals surface area contributed by atoms with Crippen LogP contribution in [0.2, 0.25) is 5.02 Å². The van der Waals surface area contributed by atoms with E-state index in [2.05, 4.69) is 15.5 Å². The number of halogens is 1. The zero-order valence-electron chi connectivity index (χ0n) is 15.6. The topological polar surface area (TPSA) is 77.2 Å². The molecule has 1 heterocycles. The van der Waals surface area contributed by atoms with Gasteiger partial charge in [-0.3, -0.25) is 4.79 Å². The van der Waals surface area contributed by atoms with Gasteiger partial charge in [0.25, 0.3) is 5.22 Å². The second-order valence-electron chi connectivity index (χ2n) is 6.11. The number of thioether (sulfide) groups is 1. The summed E-state index contributed by atoms with van der Waals surface area (Å²) >= 11 is 7.02. The van der Waals surface area contributed by atoms with Crippen LogP contribution in [0.5, 0.6) is 5.75 Å². The predicted octanol–water partition coefficient (Wildman–Crippen LogP) is 4.29. The molecule has 0 radical (unpaired) electrons. The fourth-order valence-corrected chi connectivity index (χ4v) is 3.05. The van der Waals surface area contributed by atoms with Gasteiger partial charge in [0.1, 0.15) is 12.4 Å². The van der Waals surface area contributed by atoms with Crippen molar-refractivity contribution >= 4 is 29.3 Å². The molecule has 3 rings (SSSR count). The lowest BCUT2D eigenvalue weighted by Gasteiger charge is -2.07. The molecule has 2 aromatic carbocycles. The van der Waals surface area contributed by atoms with Crippen molar-refractivity contribution in [2.24, 2.45) is 0 Å². The summed E-state index contributed by atoms with van der Waals surface area (Å²) in [5.41, 5.74) is 3.23. The van der Waals surface area contributed by atoms with Crippen LogP contribution in [0.3, 0.4) is 0 Å². The van der Waals surface area contributed by atoms with Gasteiger partial charge >= 0.3 is 0 Å². The lowest BCUT2D eigenvalue weighted by molar-refractivity contribution is -0.118. The van der Waals surface area contributed by atoms with Gasteiger partial charge in [-0.1, -0.05) is 29.4 Å². The van der Waals surface area contributed by atoms with E-state index < -0.39 is 0 Å². The number of rotatable bonds is 8. The number of hydrogen-bond donors (Lipinski definition) is 1. The highest BCUT2D eigenvalue weighted by molar-refractivity contribution is 7.99. The number of nitrogens with zero attached hydrogens (tertiary/aromatic N) is 2. The van der Waals surface area contributed by atoms with Crippen molar-refractivity contribution in [2.75, 3.05) is 18.9 Å². The highest BCUT2D eigenvalue weighted by Crippen LogP contribution is 2.24. The number of hydrogen-bond acceptors (Lipinski definition) is 6. The van der Waals surface area contributed by atoms with E-state index in [-0.39, 0.29) is 11.7 Å². The Balaban J connectivity index is 1.40. The average Bonchev–Trinajstić information content (AvgIpc) is 3.16. The second kappa shape index (κ2) is 9.61. The van der Waals surface area contributed by atoms with Crippen molar-refractivity contribution in [3.8, 4) is 17.2 Å². The number of carbonyl (C=O) groups excluding carboxylic acids is 1. The third-order valence-corrected chi connectivity index (χ3v) is 5.06. The van der Waals surface area contributed by atoms with Crippen molar-refractivity contribution < 1.29 is 13.9 Å². The summed E-state index contributed by atoms with van der Waals surface area (Å²) < 4.78 is 11.2. The lowest BCUT2D eigenvalue weighted by Crippen LogP contribution is -2.29. The van der Waals surface area contributed by atoms with Crippen LogP contribution >= 0.6 is 23.4 Å². The average molecular weight is 418 g/mol. The minimum Gasteiger partial charge on any atom is -0.492 e. The summed E-state index contributed by atoms with van der Waals surface area (Å²) in [5.74, 6) is 1.21. The monoisotopic (exact) mass is 417 g/mol. The Morgan fingerprint density at radius 1 is 1.14 bits per heavy atom. The summed E-state index contributed by atoms with van der Waals surface area (Å²) in [5, 5.41) is 11.8. The van der Waals surface area contributed by atoms with Gasteiger partial charge < -0.3 is 14.5 Å². The molecule has 0 saturated carbocycles. The zero-order valence-corrected chi connectivity index (χ0v) is 17.1. The molecule has 0 bridgehead atoms. The molecule has 1 amide bonds. The lowest BCUT2D eigenvalue weighted by atomic mass is 10.1. The predicted molar refractivity (Wildman–Crippen MR) is 110 cm³/mol. The van der Waals surface area contributed by atoms with Gasteiger partial charge in [-0.2, -0.15) is 0 Å². The third-order valence-electron chi connectivity index (χ3n) is 3.99. The van der Waals surface area contributed by atoms with Crippen LogP contribution in [0.1, 0.15) is 11.1 Å². The first-order valence-corrected chi connectivity index (χ1v) is 10.1. The Hall–Kier alpha value is -2.51. The van der Waals surface area contributed by atoms with Crippen molar-refractivity contribution in [2.45, 2.75) is 19.1 Å². The molecule has 0 spiro atoms. The van der Waals surface area contributed by atoms with E-state index >= 15 is 0 Å². The van der Waals surface area contributed by atoms with Crippen molar-refractivity contribution in [1.29, 1.82) is 0 Å². The molecule has 0 aliphatic carbocycles. The van der Waals surface area contributed by atoms with Crippen LogP contribution in [0.25, 0.3) is 11.5 Å². The fourth-order valence-electron chi connectivity index (χ4n) is 2.33. The van der Waals surface area contributed by atoms with Gasteiger partial charge in [-0.15, -0.1) is 10.2 Å². The second-order valence-corrected chi connectivity index (χ2v) is 7.48. The normalized spacial score (nSPS) is 10.7. The summed E-state index contributed by atoms with van der Waals surface area (Å²) in [7, 11) is 0. The number of benzene rings is 2. The molecular formula is C20H20ClN3O3S. The molecule has 0 atom stereocenters. The Kier molecular flexibility index (Phi) is 6.95. The molecule has 0 unspecified atom stereocenters. The largest absolute Gasteiger partial charge is 0.492 e. The van der Waals surface area contributed by atoms with E-state index in [1.165, 1.54) is 17.3 Å². The van der Waals surface area contributed by atoms with E-state index in [1.54, 1.807) is 24.3 Å². The van der Waals surface area contributed by atoms with E-state index in [4.69, 9.17) is 20.8 Å². The van der Waals surface area contributed by atoms with E-state index in [9.17, 15) is 4.79 Å². The van der Waals surface area contributed by atoms with Crippen molar-refractivity contribution in [3.05, 3.63) is 58.6 Å². The van der Waals surface area contributed by atoms with Crippen molar-refractivity contribution in [3.63, 3.8) is 0 Å². The van der Waals surface area contributed by atoms with Gasteiger partial charge in [0, 0.05) is 10.6 Å². The maximum Gasteiger partial charge on any atom is 0.277 e. The van der Waals surface area contributed by atoms with Gasteiger partial charge in [0.05, 0.1) is 12.3 Å². The van der Waals surface area contributed by atoms with E-state index in [0.717, 1.165) is 11.1 Å². The Bertz CT molecular complexity index is 944. The first-order chi connectivity index (χ1) is 13.5. The molecule has 0 aliphatic rings. The minimum atomic E-state index is -0.129. The molecule has 1 N–H and O–H groups in total. The summed E-state index contributed by atoms with van der Waals surface area (Å²) in [6.07, 6.45) is 0. The SMILES string of the molecule is Cc1ccc(-c2nnc(SCC(=O)NCCOc3ccc(Cl)cc3)o2)cc1C. The maximum absolute atomic E-state index is 11.9. The Labute approximate surface area is 172 Å². The molecule has 3 aromatic rings. The van der Waals surface area contributed by atoms with Gasteiger partial charge in [-0.05, 0) is 61.4 Å². The number of carbonyl (C=O) groups is 1. The van der Waals surface area contributed by atoms with Crippen LogP contribution in [-0.2, 0) is 4.79 Å². The number of amides is 1. The van der Waals surface area contributed by atoms with Gasteiger partial charge in [-0.25, -0.2) is 0 Å². The standard InChI is InChI=1S/C20H20ClN3O3S/c1-13-3-4-15(11-14(13)2)19-23-24-20(27-19)28-12-18(25)22-9-10-26-17-7-5-16(21)6-8-17/h3-8,11H,9-10,12H2,1-2H3,(H,22,25). The van der Waals surface area contributed by atoms with E-state index in [0.29, 0.717) is 35.0 Å². The molecule has 6 nitrogen and oxygen atoms in total. The molecule has 0 fully saturated rings. The minimum absolute atomic E-state index is 0.129. The number of ether oxygens (including phenoxy) is 1. The van der Waals surface area contributed by atoms with Crippen LogP contribution in [0.15, 0.2) is 52.1 Å². The molecule has 28 heavy (non-hydrogen) atoms. The Morgan fingerprint density at radius 2 is 1.93 bits per heavy atom. The zero-order chi connectivity index (χ0) is 19.9. The highest BCUT2D eigenvalue weighted by Gasteiger charge is 2.11. The van der Waals surface area contributed by atoms with E-state index in [1.807, 2.05) is 32.0 Å². The van der Waals surface area contributed by atoms with Crippen LogP contribution < -0.4 is 10.1 Å². The summed E-state index contributed by atoms with van der Waals surface area (Å²) in [4.78, 5) is 11.9. The molecule has 0 saturated heterocycles. The molecule has 1 aromatic heterocycles. The van der Waals surface area contributed by atoms with Gasteiger partial charge in [0.2, 0.25) is 11.8 Å². The third kappa shape index (κ3) is 5.74. The maximum atomic E-state index is 11.9. The number of aromatic nitrogens is 2. The number of aryl methyl sites for hydroxylation is 2. The molecule has 146 valence electrons. The smallest absolute Gasteiger partial charge is 0.277 e. The quantitative estimate of drug-likeness (QED) is 0.435. The highest BCUT2D eigenvalue weighted by atomic mass is 35.5. The van der Waals surface area contributed by atoms with Gasteiger partial charge in [0.15, 0.2) is 0 Å². The molecule has 8 heteroatoms. The van der Waals surface area contributed by atoms with Crippen molar-refractivity contribution in [1.82, 2.24) is 15.5 Å². The first-order valence-electron chi connectivity index (χ1n) is 8.70. The molecule has 0 aliphatic heterocycles.